The van der Waals surface area contributed by atoms with Crippen LogP contribution in [0.1, 0.15) is 38.8 Å². The molecule has 0 spiro atoms. The number of hydrogen-bond acceptors (Lipinski definition) is 3. The Morgan fingerprint density at radius 1 is 1.00 bits per heavy atom. The van der Waals surface area contributed by atoms with Gasteiger partial charge in [-0.1, -0.05) is 41.9 Å². The molecule has 0 aromatic heterocycles. The Bertz CT molecular complexity index is 757. The Kier molecular flexibility index (Phi) is 4.89. The molecule has 5 heteroatoms. The third-order valence-electron chi connectivity index (χ3n) is 5.12. The smallest absolute Gasteiger partial charge is 0.487 e. The molecule has 1 heterocycles. The number of para-hydroxylation sites is 1. The SMILES string of the molecule is Cc1ccc(B2OC(C)(C)C(C)(C)O2)cc1COc1ccccc1Cl. The number of halogens is 1. The number of rotatable bonds is 4. The van der Waals surface area contributed by atoms with Gasteiger partial charge in [-0.2, -0.15) is 0 Å². The van der Waals surface area contributed by atoms with E-state index in [1.165, 1.54) is 0 Å². The summed E-state index contributed by atoms with van der Waals surface area (Å²) in [4.78, 5) is 0. The van der Waals surface area contributed by atoms with Crippen LogP contribution in [0.4, 0.5) is 0 Å². The second-order valence-corrected chi connectivity index (χ2v) is 7.90. The van der Waals surface area contributed by atoms with E-state index in [0.29, 0.717) is 17.4 Å². The van der Waals surface area contributed by atoms with Gasteiger partial charge >= 0.3 is 7.12 Å². The second-order valence-electron chi connectivity index (χ2n) is 7.49. The predicted octanol–water partition coefficient (Wildman–Crippen LogP) is 4.53. The molecule has 1 aliphatic heterocycles. The lowest BCUT2D eigenvalue weighted by Crippen LogP contribution is -2.41. The zero-order valence-corrected chi connectivity index (χ0v) is 16.2. The van der Waals surface area contributed by atoms with Gasteiger partial charge in [-0.3, -0.25) is 0 Å². The van der Waals surface area contributed by atoms with Gasteiger partial charge in [0.15, 0.2) is 0 Å². The molecule has 0 N–H and O–H groups in total. The van der Waals surface area contributed by atoms with Crippen molar-refractivity contribution in [1.82, 2.24) is 0 Å². The molecule has 0 radical (unpaired) electrons. The fourth-order valence-electron chi connectivity index (χ4n) is 2.69. The van der Waals surface area contributed by atoms with Crippen LogP contribution in [0, 0.1) is 6.92 Å². The topological polar surface area (TPSA) is 27.7 Å². The fraction of sp³-hybridized carbons (Fsp3) is 0.400. The van der Waals surface area contributed by atoms with Crippen LogP contribution < -0.4 is 10.2 Å². The molecular formula is C20H24BClO3. The van der Waals surface area contributed by atoms with Gasteiger partial charge in [0, 0.05) is 0 Å². The predicted molar refractivity (Wildman–Crippen MR) is 103 cm³/mol. The van der Waals surface area contributed by atoms with Gasteiger partial charge in [-0.15, -0.1) is 0 Å². The molecular weight excluding hydrogens is 334 g/mol. The largest absolute Gasteiger partial charge is 0.494 e. The average Bonchev–Trinajstić information content (AvgIpc) is 2.76. The summed E-state index contributed by atoms with van der Waals surface area (Å²) in [6.07, 6.45) is 0. The maximum atomic E-state index is 6.16. The van der Waals surface area contributed by atoms with E-state index >= 15 is 0 Å². The first-order valence-electron chi connectivity index (χ1n) is 8.52. The van der Waals surface area contributed by atoms with E-state index < -0.39 is 0 Å². The first kappa shape index (κ1) is 18.3. The Balaban J connectivity index is 1.79. The Hall–Kier alpha value is -1.49. The van der Waals surface area contributed by atoms with E-state index in [-0.39, 0.29) is 18.3 Å². The van der Waals surface area contributed by atoms with Crippen molar-refractivity contribution in [3.8, 4) is 5.75 Å². The lowest BCUT2D eigenvalue weighted by Gasteiger charge is -2.32. The normalized spacial score (nSPS) is 18.4. The summed E-state index contributed by atoms with van der Waals surface area (Å²) in [5.41, 5.74) is 2.55. The summed E-state index contributed by atoms with van der Waals surface area (Å²) < 4.78 is 18.2. The maximum absolute atomic E-state index is 6.16. The fourth-order valence-corrected chi connectivity index (χ4v) is 2.88. The lowest BCUT2D eigenvalue weighted by molar-refractivity contribution is 0.00578. The quantitative estimate of drug-likeness (QED) is 0.752. The molecule has 3 nitrogen and oxygen atoms in total. The summed E-state index contributed by atoms with van der Waals surface area (Å²) in [5.74, 6) is 0.685. The maximum Gasteiger partial charge on any atom is 0.494 e. The summed E-state index contributed by atoms with van der Waals surface area (Å²) in [5, 5.41) is 0.613. The van der Waals surface area contributed by atoms with Gasteiger partial charge < -0.3 is 14.0 Å². The van der Waals surface area contributed by atoms with Crippen LogP contribution >= 0.6 is 11.6 Å². The minimum atomic E-state index is -0.371. The van der Waals surface area contributed by atoms with Crippen LogP contribution in [0.3, 0.4) is 0 Å². The molecule has 2 aromatic carbocycles. The van der Waals surface area contributed by atoms with Crippen LogP contribution in [0.5, 0.6) is 5.75 Å². The molecule has 2 aromatic rings. The Morgan fingerprint density at radius 3 is 2.28 bits per heavy atom. The van der Waals surface area contributed by atoms with E-state index in [9.17, 15) is 0 Å². The highest BCUT2D eigenvalue weighted by atomic mass is 35.5. The van der Waals surface area contributed by atoms with Crippen LogP contribution in [-0.2, 0) is 15.9 Å². The second kappa shape index (κ2) is 6.67. The van der Waals surface area contributed by atoms with E-state index in [4.69, 9.17) is 25.6 Å². The van der Waals surface area contributed by atoms with Crippen molar-refractivity contribution >= 4 is 24.2 Å². The van der Waals surface area contributed by atoms with Gasteiger partial charge in [0.05, 0.1) is 16.2 Å². The standard InChI is InChI=1S/C20H24BClO3/c1-14-10-11-16(21-24-19(2,3)20(4,5)25-21)12-15(14)13-23-18-9-7-6-8-17(18)22/h6-12H,13H2,1-5H3. The van der Waals surface area contributed by atoms with Crippen LogP contribution in [0.25, 0.3) is 0 Å². The average molecular weight is 359 g/mol. The molecule has 132 valence electrons. The van der Waals surface area contributed by atoms with Crippen molar-refractivity contribution in [2.24, 2.45) is 0 Å². The molecule has 0 aliphatic carbocycles. The lowest BCUT2D eigenvalue weighted by atomic mass is 9.78. The van der Waals surface area contributed by atoms with E-state index in [1.807, 2.05) is 24.3 Å². The minimum Gasteiger partial charge on any atom is -0.487 e. The van der Waals surface area contributed by atoms with Crippen LogP contribution in [0.15, 0.2) is 42.5 Å². The van der Waals surface area contributed by atoms with Crippen molar-refractivity contribution in [1.29, 1.82) is 0 Å². The van der Waals surface area contributed by atoms with Crippen molar-refractivity contribution in [2.75, 3.05) is 0 Å². The molecule has 0 unspecified atom stereocenters. The van der Waals surface area contributed by atoms with Crippen molar-refractivity contribution in [3.05, 3.63) is 58.6 Å². The Morgan fingerprint density at radius 2 is 1.64 bits per heavy atom. The third kappa shape index (κ3) is 3.71. The highest BCUT2D eigenvalue weighted by molar-refractivity contribution is 6.62. The molecule has 0 bridgehead atoms. The van der Waals surface area contributed by atoms with Crippen molar-refractivity contribution in [3.63, 3.8) is 0 Å². The van der Waals surface area contributed by atoms with Crippen molar-refractivity contribution < 1.29 is 14.0 Å². The molecule has 1 aliphatic rings. The van der Waals surface area contributed by atoms with Gasteiger partial charge in [0.2, 0.25) is 0 Å². The van der Waals surface area contributed by atoms with Gasteiger partial charge in [-0.25, -0.2) is 0 Å². The number of aryl methyl sites for hydroxylation is 1. The summed E-state index contributed by atoms with van der Waals surface area (Å²) in [7, 11) is -0.371. The highest BCUT2D eigenvalue weighted by Crippen LogP contribution is 2.36. The number of ether oxygens (including phenoxy) is 1. The number of benzene rings is 2. The van der Waals surface area contributed by atoms with E-state index in [2.05, 4.69) is 52.8 Å². The molecule has 3 rings (SSSR count). The first-order valence-corrected chi connectivity index (χ1v) is 8.90. The van der Waals surface area contributed by atoms with Crippen LogP contribution in [0.2, 0.25) is 5.02 Å². The molecule has 25 heavy (non-hydrogen) atoms. The monoisotopic (exact) mass is 358 g/mol. The first-order chi connectivity index (χ1) is 11.7. The zero-order chi connectivity index (χ0) is 18.2. The summed E-state index contributed by atoms with van der Waals surface area (Å²) >= 11 is 6.16. The van der Waals surface area contributed by atoms with Crippen molar-refractivity contribution in [2.45, 2.75) is 52.4 Å². The van der Waals surface area contributed by atoms with Gasteiger partial charge in [0.25, 0.3) is 0 Å². The third-order valence-corrected chi connectivity index (χ3v) is 5.43. The molecule has 1 saturated heterocycles. The Labute approximate surface area is 155 Å². The van der Waals surface area contributed by atoms with Gasteiger partial charge in [-0.05, 0) is 63.3 Å². The van der Waals surface area contributed by atoms with E-state index in [0.717, 1.165) is 16.6 Å². The summed E-state index contributed by atoms with van der Waals surface area (Å²) in [6, 6.07) is 13.7. The minimum absolute atomic E-state index is 0.350. The molecule has 0 atom stereocenters. The zero-order valence-electron chi connectivity index (χ0n) is 15.4. The summed E-state index contributed by atoms with van der Waals surface area (Å²) in [6.45, 7) is 10.7. The highest BCUT2D eigenvalue weighted by Gasteiger charge is 2.51. The van der Waals surface area contributed by atoms with Crippen LogP contribution in [-0.4, -0.2) is 18.3 Å². The van der Waals surface area contributed by atoms with Gasteiger partial charge in [0.1, 0.15) is 12.4 Å². The molecule has 0 saturated carbocycles. The van der Waals surface area contributed by atoms with E-state index in [1.54, 1.807) is 0 Å². The number of hydrogen-bond donors (Lipinski definition) is 0. The molecule has 1 fully saturated rings. The molecule has 0 amide bonds.